The number of hydrogen-bond acceptors (Lipinski definition) is 6. The van der Waals surface area contributed by atoms with Gasteiger partial charge in [0.05, 0.1) is 6.33 Å². The number of benzene rings is 1. The molecule has 2 aliphatic carbocycles. The lowest BCUT2D eigenvalue weighted by atomic mass is 9.92. The molecule has 164 valence electrons. The molecule has 0 atom stereocenters. The number of hydrogen-bond donors (Lipinski definition) is 3. The second-order valence-corrected chi connectivity index (χ2v) is 9.33. The maximum Gasteiger partial charge on any atom is 0.227 e. The second-order valence-electron chi connectivity index (χ2n) is 8.89. The molecule has 1 aromatic carbocycles. The Bertz CT molecular complexity index is 1020. The molecule has 3 aromatic rings. The van der Waals surface area contributed by atoms with Crippen LogP contribution in [0.3, 0.4) is 0 Å². The Morgan fingerprint density at radius 2 is 1.74 bits per heavy atom. The summed E-state index contributed by atoms with van der Waals surface area (Å²) in [6.45, 7) is 0.650. The fourth-order valence-corrected chi connectivity index (χ4v) is 4.91. The largest absolute Gasteiger partial charge is 0.364 e. The molecule has 0 saturated heterocycles. The highest BCUT2D eigenvalue weighted by molar-refractivity contribution is 6.30. The zero-order chi connectivity index (χ0) is 21.2. The number of nitrogens with one attached hydrogen (secondary N) is 2. The maximum absolute atomic E-state index is 6.08. The summed E-state index contributed by atoms with van der Waals surface area (Å²) in [7, 11) is 0. The number of nitrogens with zero attached hydrogens (tertiary/aromatic N) is 4. The minimum atomic E-state index is 0.321. The predicted octanol–water partition coefficient (Wildman–Crippen LogP) is 4.89. The van der Waals surface area contributed by atoms with Crippen molar-refractivity contribution in [2.24, 2.45) is 5.73 Å². The van der Waals surface area contributed by atoms with Gasteiger partial charge >= 0.3 is 0 Å². The molecule has 0 spiro atoms. The van der Waals surface area contributed by atoms with E-state index in [1.807, 2.05) is 30.6 Å². The molecule has 2 saturated carbocycles. The van der Waals surface area contributed by atoms with E-state index in [-0.39, 0.29) is 0 Å². The zero-order valence-corrected chi connectivity index (χ0v) is 18.5. The first-order valence-electron chi connectivity index (χ1n) is 11.4. The fourth-order valence-electron chi connectivity index (χ4n) is 4.79. The van der Waals surface area contributed by atoms with Crippen LogP contribution in [0.1, 0.15) is 63.0 Å². The molecule has 2 aliphatic rings. The third-order valence-electron chi connectivity index (χ3n) is 6.62. The number of fused-ring (bicyclic) bond motifs is 1. The van der Waals surface area contributed by atoms with Crippen molar-refractivity contribution in [3.63, 3.8) is 0 Å². The van der Waals surface area contributed by atoms with Crippen LogP contribution in [0, 0.1) is 0 Å². The van der Waals surface area contributed by atoms with Gasteiger partial charge in [0, 0.05) is 29.7 Å². The lowest BCUT2D eigenvalue weighted by Crippen LogP contribution is -2.33. The van der Waals surface area contributed by atoms with Gasteiger partial charge in [-0.05, 0) is 56.2 Å². The summed E-state index contributed by atoms with van der Waals surface area (Å²) in [6.07, 6.45) is 11.0. The molecule has 4 N–H and O–H groups in total. The molecule has 2 fully saturated rings. The summed E-state index contributed by atoms with van der Waals surface area (Å²) >= 11 is 6.02. The van der Waals surface area contributed by atoms with Crippen molar-refractivity contribution in [3.05, 3.63) is 41.2 Å². The van der Waals surface area contributed by atoms with E-state index < -0.39 is 0 Å². The molecule has 0 bridgehead atoms. The molecule has 0 aliphatic heterocycles. The first-order chi connectivity index (χ1) is 15.2. The van der Waals surface area contributed by atoms with Gasteiger partial charge in [0.25, 0.3) is 0 Å². The zero-order valence-electron chi connectivity index (χ0n) is 17.7. The SMILES string of the molecule is NC1CCC(Nc2nc(NCc3ccc(Cl)cc3)c3ncn(C4CCCC4)c3n2)CC1. The van der Waals surface area contributed by atoms with E-state index in [2.05, 4.69) is 15.2 Å². The molecule has 0 amide bonds. The highest BCUT2D eigenvalue weighted by Crippen LogP contribution is 2.33. The molecule has 7 nitrogen and oxygen atoms in total. The second kappa shape index (κ2) is 9.01. The van der Waals surface area contributed by atoms with Crippen molar-refractivity contribution in [1.29, 1.82) is 0 Å². The molecule has 0 unspecified atom stereocenters. The van der Waals surface area contributed by atoms with E-state index >= 15 is 0 Å². The van der Waals surface area contributed by atoms with Crippen LogP contribution in [-0.2, 0) is 6.54 Å². The minimum Gasteiger partial charge on any atom is -0.364 e. The molecule has 5 rings (SSSR count). The van der Waals surface area contributed by atoms with Crippen LogP contribution in [0.2, 0.25) is 5.02 Å². The Kier molecular flexibility index (Phi) is 5.96. The fraction of sp³-hybridized carbons (Fsp3) is 0.522. The van der Waals surface area contributed by atoms with Crippen molar-refractivity contribution in [3.8, 4) is 0 Å². The number of halogens is 1. The molecule has 2 aromatic heterocycles. The van der Waals surface area contributed by atoms with Crippen molar-refractivity contribution in [2.75, 3.05) is 10.6 Å². The first-order valence-corrected chi connectivity index (χ1v) is 11.8. The van der Waals surface area contributed by atoms with Crippen molar-refractivity contribution in [2.45, 2.75) is 76.0 Å². The topological polar surface area (TPSA) is 93.7 Å². The summed E-state index contributed by atoms with van der Waals surface area (Å²) in [5.41, 5.74) is 8.96. The Morgan fingerprint density at radius 3 is 2.48 bits per heavy atom. The normalized spacial score (nSPS) is 22.1. The third-order valence-corrected chi connectivity index (χ3v) is 6.87. The quantitative estimate of drug-likeness (QED) is 0.506. The van der Waals surface area contributed by atoms with Crippen molar-refractivity contribution >= 4 is 34.5 Å². The van der Waals surface area contributed by atoms with E-state index in [1.165, 1.54) is 25.7 Å². The van der Waals surface area contributed by atoms with E-state index in [9.17, 15) is 0 Å². The first kappa shape index (κ1) is 20.5. The van der Waals surface area contributed by atoms with E-state index in [1.54, 1.807) is 0 Å². The van der Waals surface area contributed by atoms with Crippen LogP contribution >= 0.6 is 11.6 Å². The minimum absolute atomic E-state index is 0.321. The van der Waals surface area contributed by atoms with E-state index in [4.69, 9.17) is 32.3 Å². The van der Waals surface area contributed by atoms with Gasteiger partial charge in [-0.2, -0.15) is 9.97 Å². The standard InChI is InChI=1S/C23H30ClN7/c24-16-7-5-15(6-8-16)13-26-21-20-22(31(14-27-20)19-3-1-2-4-19)30-23(29-21)28-18-11-9-17(25)10-12-18/h5-8,14,17-19H,1-4,9-13,25H2,(H2,26,28,29,30). The summed E-state index contributed by atoms with van der Waals surface area (Å²) in [5.74, 6) is 1.44. The molecule has 0 radical (unpaired) electrons. The monoisotopic (exact) mass is 439 g/mol. The number of rotatable bonds is 6. The Balaban J connectivity index is 1.44. The Morgan fingerprint density at radius 1 is 1.00 bits per heavy atom. The molecule has 2 heterocycles. The predicted molar refractivity (Wildman–Crippen MR) is 125 cm³/mol. The molecular formula is C23H30ClN7. The van der Waals surface area contributed by atoms with Gasteiger partial charge in [0.2, 0.25) is 5.95 Å². The van der Waals surface area contributed by atoms with Gasteiger partial charge in [-0.15, -0.1) is 0 Å². The van der Waals surface area contributed by atoms with Gasteiger partial charge in [-0.1, -0.05) is 36.6 Å². The van der Waals surface area contributed by atoms with E-state index in [0.717, 1.165) is 53.3 Å². The van der Waals surface area contributed by atoms with Gasteiger partial charge in [0.1, 0.15) is 0 Å². The van der Waals surface area contributed by atoms with Crippen LogP contribution in [0.4, 0.5) is 11.8 Å². The number of anilines is 2. The third kappa shape index (κ3) is 4.62. The van der Waals surface area contributed by atoms with Crippen LogP contribution in [0.15, 0.2) is 30.6 Å². The summed E-state index contributed by atoms with van der Waals surface area (Å²) in [5, 5.41) is 7.79. The van der Waals surface area contributed by atoms with Crippen LogP contribution in [-0.4, -0.2) is 31.6 Å². The van der Waals surface area contributed by atoms with E-state index in [0.29, 0.717) is 30.6 Å². The highest BCUT2D eigenvalue weighted by atomic mass is 35.5. The average Bonchev–Trinajstić information content (AvgIpc) is 3.44. The van der Waals surface area contributed by atoms with Gasteiger partial charge < -0.3 is 20.9 Å². The van der Waals surface area contributed by atoms with Crippen LogP contribution in [0.25, 0.3) is 11.2 Å². The van der Waals surface area contributed by atoms with Crippen molar-refractivity contribution in [1.82, 2.24) is 19.5 Å². The lowest BCUT2D eigenvalue weighted by Gasteiger charge is -2.27. The summed E-state index contributed by atoms with van der Waals surface area (Å²) < 4.78 is 2.25. The van der Waals surface area contributed by atoms with Gasteiger partial charge in [-0.25, -0.2) is 4.98 Å². The number of aromatic nitrogens is 4. The average molecular weight is 440 g/mol. The lowest BCUT2D eigenvalue weighted by molar-refractivity contribution is 0.410. The van der Waals surface area contributed by atoms with Crippen LogP contribution < -0.4 is 16.4 Å². The van der Waals surface area contributed by atoms with Crippen LogP contribution in [0.5, 0.6) is 0 Å². The number of nitrogens with two attached hydrogens (primary N) is 1. The maximum atomic E-state index is 6.08. The summed E-state index contributed by atoms with van der Waals surface area (Å²) in [4.78, 5) is 14.4. The van der Waals surface area contributed by atoms with Gasteiger partial charge in [-0.3, -0.25) is 0 Å². The Hall–Kier alpha value is -2.38. The molecule has 31 heavy (non-hydrogen) atoms. The summed E-state index contributed by atoms with van der Waals surface area (Å²) in [6, 6.07) is 9.02. The van der Waals surface area contributed by atoms with Gasteiger partial charge in [0.15, 0.2) is 17.0 Å². The molecular weight excluding hydrogens is 410 g/mol. The smallest absolute Gasteiger partial charge is 0.227 e. The van der Waals surface area contributed by atoms with Crippen molar-refractivity contribution < 1.29 is 0 Å². The molecule has 8 heteroatoms. The number of imidazole rings is 1. The highest BCUT2D eigenvalue weighted by Gasteiger charge is 2.23. The Labute approximate surface area is 187 Å².